The van der Waals surface area contributed by atoms with Gasteiger partial charge in [-0.1, -0.05) is 29.3 Å². The molecule has 3 amide bonds. The number of nitrogens with one attached hydrogen (secondary N) is 1. The summed E-state index contributed by atoms with van der Waals surface area (Å²) in [5, 5.41) is 13.2. The van der Waals surface area contributed by atoms with Gasteiger partial charge in [0.05, 0.1) is 9.83 Å². The zero-order chi connectivity index (χ0) is 22.0. The van der Waals surface area contributed by atoms with E-state index in [0.717, 1.165) is 16.0 Å². The highest BCUT2D eigenvalue weighted by Gasteiger charge is 2.36. The van der Waals surface area contributed by atoms with E-state index in [4.69, 9.17) is 11.6 Å². The lowest BCUT2D eigenvalue weighted by atomic mass is 10.1. The van der Waals surface area contributed by atoms with E-state index in [2.05, 4.69) is 5.32 Å². The Labute approximate surface area is 181 Å². The number of hydrogen-bond acceptors (Lipinski definition) is 6. The molecule has 0 radical (unpaired) electrons. The average molecular weight is 446 g/mol. The third-order valence-corrected chi connectivity index (χ3v) is 5.56. The van der Waals surface area contributed by atoms with Gasteiger partial charge in [-0.05, 0) is 49.4 Å². The SMILES string of the molecule is Cc1ccc(NC(=O)CN2C(=O)S/C(=C\c3cc([N+](=O)[O-])ccc3Cl)C2=O)c(C)c1. The van der Waals surface area contributed by atoms with Crippen LogP contribution in [0.5, 0.6) is 0 Å². The van der Waals surface area contributed by atoms with Crippen LogP contribution in [0.25, 0.3) is 6.08 Å². The van der Waals surface area contributed by atoms with Gasteiger partial charge in [-0.15, -0.1) is 0 Å². The van der Waals surface area contributed by atoms with E-state index in [9.17, 15) is 24.5 Å². The lowest BCUT2D eigenvalue weighted by molar-refractivity contribution is -0.384. The molecule has 1 aliphatic rings. The Morgan fingerprint density at radius 3 is 2.63 bits per heavy atom. The maximum atomic E-state index is 12.6. The average Bonchev–Trinajstić information content (AvgIpc) is 2.93. The summed E-state index contributed by atoms with van der Waals surface area (Å²) in [6.45, 7) is 3.32. The minimum atomic E-state index is -0.664. The molecule has 0 aromatic heterocycles. The van der Waals surface area contributed by atoms with Crippen LogP contribution >= 0.6 is 23.4 Å². The van der Waals surface area contributed by atoms with Gasteiger partial charge in [-0.2, -0.15) is 0 Å². The number of halogens is 1. The van der Waals surface area contributed by atoms with Gasteiger partial charge in [0.1, 0.15) is 6.54 Å². The number of aryl methyl sites for hydroxylation is 2. The lowest BCUT2D eigenvalue weighted by Gasteiger charge is -2.14. The number of rotatable bonds is 5. The Balaban J connectivity index is 1.76. The van der Waals surface area contributed by atoms with Gasteiger partial charge in [-0.25, -0.2) is 0 Å². The van der Waals surface area contributed by atoms with Crippen molar-refractivity contribution in [3.8, 4) is 0 Å². The van der Waals surface area contributed by atoms with E-state index in [1.54, 1.807) is 6.07 Å². The van der Waals surface area contributed by atoms with Crippen molar-refractivity contribution >= 4 is 57.9 Å². The van der Waals surface area contributed by atoms with Crippen LogP contribution < -0.4 is 5.32 Å². The molecule has 3 rings (SSSR count). The summed E-state index contributed by atoms with van der Waals surface area (Å²) in [5.41, 5.74) is 2.53. The Hall–Kier alpha value is -3.17. The number of anilines is 1. The second-order valence-corrected chi connectivity index (χ2v) is 8.00. The van der Waals surface area contributed by atoms with Crippen molar-refractivity contribution in [3.05, 3.63) is 73.1 Å². The molecule has 10 heteroatoms. The molecule has 0 saturated carbocycles. The van der Waals surface area contributed by atoms with Gasteiger partial charge in [0.15, 0.2) is 0 Å². The van der Waals surface area contributed by atoms with Gasteiger partial charge in [0.2, 0.25) is 5.91 Å². The summed E-state index contributed by atoms with van der Waals surface area (Å²) >= 11 is 6.69. The van der Waals surface area contributed by atoms with Gasteiger partial charge >= 0.3 is 0 Å². The Bertz CT molecular complexity index is 1120. The predicted octanol–water partition coefficient (Wildman–Crippen LogP) is 4.54. The monoisotopic (exact) mass is 445 g/mol. The van der Waals surface area contributed by atoms with Gasteiger partial charge in [-0.3, -0.25) is 29.4 Å². The van der Waals surface area contributed by atoms with Crippen molar-refractivity contribution in [2.24, 2.45) is 0 Å². The largest absolute Gasteiger partial charge is 0.324 e. The molecular weight excluding hydrogens is 430 g/mol. The number of non-ortho nitro benzene ring substituents is 1. The van der Waals surface area contributed by atoms with Crippen LogP contribution in [-0.2, 0) is 9.59 Å². The predicted molar refractivity (Wildman–Crippen MR) is 115 cm³/mol. The number of nitro groups is 1. The van der Waals surface area contributed by atoms with Crippen molar-refractivity contribution in [3.63, 3.8) is 0 Å². The fourth-order valence-electron chi connectivity index (χ4n) is 2.82. The zero-order valence-electron chi connectivity index (χ0n) is 16.0. The first-order valence-electron chi connectivity index (χ1n) is 8.72. The van der Waals surface area contributed by atoms with Crippen molar-refractivity contribution in [2.75, 3.05) is 11.9 Å². The third-order valence-electron chi connectivity index (χ3n) is 4.31. The summed E-state index contributed by atoms with van der Waals surface area (Å²) in [6.07, 6.45) is 1.31. The first-order chi connectivity index (χ1) is 14.2. The fraction of sp³-hybridized carbons (Fsp3) is 0.150. The number of nitro benzene ring substituents is 1. The molecule has 1 heterocycles. The van der Waals surface area contributed by atoms with Crippen LogP contribution in [0.15, 0.2) is 41.3 Å². The maximum Gasteiger partial charge on any atom is 0.294 e. The Morgan fingerprint density at radius 2 is 1.97 bits per heavy atom. The van der Waals surface area contributed by atoms with Gasteiger partial charge in [0.25, 0.3) is 16.8 Å². The highest BCUT2D eigenvalue weighted by molar-refractivity contribution is 8.18. The van der Waals surface area contributed by atoms with Crippen LogP contribution in [0.1, 0.15) is 16.7 Å². The number of amides is 3. The number of thioether (sulfide) groups is 1. The highest BCUT2D eigenvalue weighted by Crippen LogP contribution is 2.34. The number of carbonyl (C=O) groups excluding carboxylic acids is 3. The van der Waals surface area contributed by atoms with Gasteiger partial charge < -0.3 is 5.32 Å². The quantitative estimate of drug-likeness (QED) is 0.411. The van der Waals surface area contributed by atoms with Crippen LogP contribution in [0, 0.1) is 24.0 Å². The van der Waals surface area contributed by atoms with Crippen molar-refractivity contribution < 1.29 is 19.3 Å². The Kier molecular flexibility index (Phi) is 6.23. The zero-order valence-corrected chi connectivity index (χ0v) is 17.5. The normalized spacial score (nSPS) is 15.0. The molecule has 0 bridgehead atoms. The molecule has 30 heavy (non-hydrogen) atoms. The molecule has 8 nitrogen and oxygen atoms in total. The molecule has 1 fully saturated rings. The van der Waals surface area contributed by atoms with Crippen molar-refractivity contribution in [1.82, 2.24) is 4.90 Å². The third kappa shape index (κ3) is 4.69. The Morgan fingerprint density at radius 1 is 1.23 bits per heavy atom. The highest BCUT2D eigenvalue weighted by atomic mass is 35.5. The standard InChI is InChI=1S/C20H16ClN3O5S/c1-11-3-6-16(12(2)7-11)22-18(25)10-23-19(26)17(30-20(23)27)9-13-8-14(24(28)29)4-5-15(13)21/h3-9H,10H2,1-2H3,(H,22,25)/b17-9-. The fourth-order valence-corrected chi connectivity index (χ4v) is 3.82. The molecule has 1 aliphatic heterocycles. The second-order valence-electron chi connectivity index (χ2n) is 6.60. The molecule has 0 spiro atoms. The number of imide groups is 1. The van der Waals surface area contributed by atoms with Crippen molar-refractivity contribution in [1.29, 1.82) is 0 Å². The van der Waals surface area contributed by atoms with E-state index in [0.29, 0.717) is 17.4 Å². The minimum absolute atomic E-state index is 0.0294. The molecule has 1 saturated heterocycles. The summed E-state index contributed by atoms with van der Waals surface area (Å²) in [4.78, 5) is 48.4. The first-order valence-corrected chi connectivity index (χ1v) is 9.91. The molecule has 0 atom stereocenters. The number of benzene rings is 2. The summed E-state index contributed by atoms with van der Waals surface area (Å²) in [6, 6.07) is 9.29. The summed E-state index contributed by atoms with van der Waals surface area (Å²) in [7, 11) is 0. The molecule has 154 valence electrons. The summed E-state index contributed by atoms with van der Waals surface area (Å²) < 4.78 is 0. The van der Waals surface area contributed by atoms with E-state index >= 15 is 0 Å². The van der Waals surface area contributed by atoms with E-state index in [1.807, 2.05) is 26.0 Å². The number of carbonyl (C=O) groups is 3. The topological polar surface area (TPSA) is 110 Å². The molecule has 2 aromatic carbocycles. The molecule has 2 aromatic rings. The number of hydrogen-bond donors (Lipinski definition) is 1. The molecule has 0 aliphatic carbocycles. The van der Waals surface area contributed by atoms with E-state index < -0.39 is 28.5 Å². The number of nitrogens with zero attached hydrogens (tertiary/aromatic N) is 2. The summed E-state index contributed by atoms with van der Waals surface area (Å²) in [5.74, 6) is -1.18. The van der Waals surface area contributed by atoms with E-state index in [-0.39, 0.29) is 21.2 Å². The smallest absolute Gasteiger partial charge is 0.294 e. The lowest BCUT2D eigenvalue weighted by Crippen LogP contribution is -2.36. The molecule has 0 unspecified atom stereocenters. The van der Waals surface area contributed by atoms with Crippen molar-refractivity contribution in [2.45, 2.75) is 13.8 Å². The van der Waals surface area contributed by atoms with Crippen LogP contribution in [0.4, 0.5) is 16.2 Å². The second kappa shape index (κ2) is 8.68. The van der Waals surface area contributed by atoms with Crippen LogP contribution in [0.2, 0.25) is 5.02 Å². The van der Waals surface area contributed by atoms with E-state index in [1.165, 1.54) is 24.3 Å². The minimum Gasteiger partial charge on any atom is -0.324 e. The molecule has 1 N–H and O–H groups in total. The first kappa shape index (κ1) is 21.5. The molecular formula is C20H16ClN3O5S. The van der Waals surface area contributed by atoms with Crippen LogP contribution in [-0.4, -0.2) is 33.4 Å². The maximum absolute atomic E-state index is 12.6. The van der Waals surface area contributed by atoms with Crippen LogP contribution in [0.3, 0.4) is 0 Å². The van der Waals surface area contributed by atoms with Gasteiger partial charge in [0, 0.05) is 28.4 Å².